The highest BCUT2D eigenvalue weighted by molar-refractivity contribution is 5.79. The van der Waals surface area contributed by atoms with Gasteiger partial charge >= 0.3 is 5.69 Å². The SMILES string of the molecule is COCCCNC(=O)Cc1ccc(-n2c(=O)c3ccccc3n(Cc3cccc(OC)c3)c2=O)cc1. The van der Waals surface area contributed by atoms with Gasteiger partial charge in [0.2, 0.25) is 5.91 Å². The molecule has 1 heterocycles. The molecule has 4 aromatic rings. The van der Waals surface area contributed by atoms with Crippen molar-refractivity contribution in [3.63, 3.8) is 0 Å². The van der Waals surface area contributed by atoms with Crippen LogP contribution in [0.5, 0.6) is 5.75 Å². The minimum absolute atomic E-state index is 0.0950. The zero-order valence-electron chi connectivity index (χ0n) is 20.4. The summed E-state index contributed by atoms with van der Waals surface area (Å²) in [5, 5.41) is 3.30. The van der Waals surface area contributed by atoms with Gasteiger partial charge in [-0.1, -0.05) is 36.4 Å². The lowest BCUT2D eigenvalue weighted by Gasteiger charge is -2.15. The van der Waals surface area contributed by atoms with Crippen LogP contribution in [0.1, 0.15) is 17.5 Å². The molecule has 36 heavy (non-hydrogen) atoms. The third kappa shape index (κ3) is 5.55. The van der Waals surface area contributed by atoms with Gasteiger partial charge in [-0.3, -0.25) is 14.2 Å². The van der Waals surface area contributed by atoms with Gasteiger partial charge in [-0.05, 0) is 53.9 Å². The normalized spacial score (nSPS) is 10.9. The molecule has 0 bridgehead atoms. The summed E-state index contributed by atoms with van der Waals surface area (Å²) in [6, 6.07) is 21.5. The van der Waals surface area contributed by atoms with Crippen molar-refractivity contribution in [3.8, 4) is 11.4 Å². The number of carbonyl (C=O) groups excluding carboxylic acids is 1. The third-order valence-electron chi connectivity index (χ3n) is 5.93. The van der Waals surface area contributed by atoms with E-state index in [0.717, 1.165) is 17.5 Å². The molecule has 1 N–H and O–H groups in total. The van der Waals surface area contributed by atoms with Crippen LogP contribution in [-0.2, 0) is 22.5 Å². The highest BCUT2D eigenvalue weighted by Crippen LogP contribution is 2.16. The van der Waals surface area contributed by atoms with Crippen molar-refractivity contribution in [2.24, 2.45) is 0 Å². The Bertz CT molecular complexity index is 1470. The Morgan fingerprint density at radius 3 is 2.44 bits per heavy atom. The minimum Gasteiger partial charge on any atom is -0.497 e. The number of carbonyl (C=O) groups is 1. The Morgan fingerprint density at radius 2 is 1.69 bits per heavy atom. The van der Waals surface area contributed by atoms with Crippen LogP contribution in [0, 0.1) is 0 Å². The van der Waals surface area contributed by atoms with Crippen LogP contribution in [0.25, 0.3) is 16.6 Å². The topological polar surface area (TPSA) is 91.6 Å². The second-order valence-corrected chi connectivity index (χ2v) is 8.42. The van der Waals surface area contributed by atoms with Crippen molar-refractivity contribution in [3.05, 3.63) is 105 Å². The lowest BCUT2D eigenvalue weighted by molar-refractivity contribution is -0.120. The maximum atomic E-state index is 13.6. The number of hydrogen-bond acceptors (Lipinski definition) is 5. The van der Waals surface area contributed by atoms with Crippen LogP contribution in [0.4, 0.5) is 0 Å². The van der Waals surface area contributed by atoms with Gasteiger partial charge in [0.25, 0.3) is 5.56 Å². The van der Waals surface area contributed by atoms with E-state index in [1.807, 2.05) is 30.3 Å². The van der Waals surface area contributed by atoms with Crippen molar-refractivity contribution in [1.29, 1.82) is 0 Å². The van der Waals surface area contributed by atoms with Crippen LogP contribution in [0.3, 0.4) is 0 Å². The Kier molecular flexibility index (Phi) is 7.97. The number of benzene rings is 3. The summed E-state index contributed by atoms with van der Waals surface area (Å²) in [5.74, 6) is 0.596. The summed E-state index contributed by atoms with van der Waals surface area (Å²) in [5.41, 5.74) is 1.84. The first kappa shape index (κ1) is 24.9. The Balaban J connectivity index is 1.67. The number of amides is 1. The lowest BCUT2D eigenvalue weighted by Crippen LogP contribution is -2.39. The monoisotopic (exact) mass is 487 g/mol. The summed E-state index contributed by atoms with van der Waals surface area (Å²) < 4.78 is 13.1. The van der Waals surface area contributed by atoms with Gasteiger partial charge in [-0.25, -0.2) is 9.36 Å². The number of nitrogens with zero attached hydrogens (tertiary/aromatic N) is 2. The van der Waals surface area contributed by atoms with Crippen molar-refractivity contribution < 1.29 is 14.3 Å². The molecule has 0 unspecified atom stereocenters. The van der Waals surface area contributed by atoms with Crippen LogP contribution in [0.2, 0.25) is 0 Å². The van der Waals surface area contributed by atoms with Crippen molar-refractivity contribution in [1.82, 2.24) is 14.5 Å². The molecule has 0 aliphatic rings. The molecule has 0 spiro atoms. The molecule has 0 aliphatic carbocycles. The molecule has 186 valence electrons. The molecule has 8 nitrogen and oxygen atoms in total. The molecule has 0 fully saturated rings. The summed E-state index contributed by atoms with van der Waals surface area (Å²) in [6.07, 6.45) is 0.952. The van der Waals surface area contributed by atoms with Gasteiger partial charge in [0, 0.05) is 20.3 Å². The minimum atomic E-state index is -0.440. The third-order valence-corrected chi connectivity index (χ3v) is 5.93. The van der Waals surface area contributed by atoms with Gasteiger partial charge in [0.05, 0.1) is 36.7 Å². The van der Waals surface area contributed by atoms with E-state index in [1.54, 1.807) is 61.3 Å². The number of methoxy groups -OCH3 is 2. The fourth-order valence-electron chi connectivity index (χ4n) is 4.11. The quantitative estimate of drug-likeness (QED) is 0.348. The average Bonchev–Trinajstić information content (AvgIpc) is 2.90. The fraction of sp³-hybridized carbons (Fsp3) is 0.250. The van der Waals surface area contributed by atoms with E-state index >= 15 is 0 Å². The highest BCUT2D eigenvalue weighted by atomic mass is 16.5. The van der Waals surface area contributed by atoms with Crippen LogP contribution < -0.4 is 21.3 Å². The van der Waals surface area contributed by atoms with Gasteiger partial charge in [-0.2, -0.15) is 0 Å². The number of ether oxygens (including phenoxy) is 2. The van der Waals surface area contributed by atoms with Crippen LogP contribution in [-0.4, -0.2) is 42.4 Å². The fourth-order valence-corrected chi connectivity index (χ4v) is 4.11. The first-order chi connectivity index (χ1) is 17.5. The zero-order chi connectivity index (χ0) is 25.5. The molecule has 0 saturated heterocycles. The predicted octanol–water partition coefficient (Wildman–Crippen LogP) is 2.90. The second-order valence-electron chi connectivity index (χ2n) is 8.42. The standard InChI is InChI=1S/C28H29N3O5/c1-35-16-6-15-29-26(32)18-20-11-13-22(14-12-20)31-27(33)24-9-3-4-10-25(24)30(28(31)34)19-21-7-5-8-23(17-21)36-2/h3-5,7-14,17H,6,15-16,18-19H2,1-2H3,(H,29,32). The van der Waals surface area contributed by atoms with E-state index < -0.39 is 5.69 Å². The maximum Gasteiger partial charge on any atom is 0.336 e. The summed E-state index contributed by atoms with van der Waals surface area (Å²) >= 11 is 0. The van der Waals surface area contributed by atoms with E-state index in [2.05, 4.69) is 5.32 Å². The van der Waals surface area contributed by atoms with Crippen molar-refractivity contribution >= 4 is 16.8 Å². The maximum absolute atomic E-state index is 13.6. The van der Waals surface area contributed by atoms with Crippen LogP contribution >= 0.6 is 0 Å². The summed E-state index contributed by atoms with van der Waals surface area (Å²) in [7, 11) is 3.22. The van der Waals surface area contributed by atoms with E-state index in [4.69, 9.17) is 9.47 Å². The molecule has 1 amide bonds. The molecule has 0 atom stereocenters. The summed E-state index contributed by atoms with van der Waals surface area (Å²) in [4.78, 5) is 39.1. The second kappa shape index (κ2) is 11.5. The van der Waals surface area contributed by atoms with E-state index in [0.29, 0.717) is 35.5 Å². The van der Waals surface area contributed by atoms with Gasteiger partial charge < -0.3 is 14.8 Å². The molecule has 4 rings (SSSR count). The van der Waals surface area contributed by atoms with E-state index in [-0.39, 0.29) is 24.4 Å². The molecule has 0 saturated carbocycles. The lowest BCUT2D eigenvalue weighted by atomic mass is 10.1. The number of aromatic nitrogens is 2. The molecular weight excluding hydrogens is 458 g/mol. The molecule has 0 radical (unpaired) electrons. The molecule has 0 aliphatic heterocycles. The number of nitrogens with one attached hydrogen (secondary N) is 1. The van der Waals surface area contributed by atoms with Crippen molar-refractivity contribution in [2.75, 3.05) is 27.4 Å². The zero-order valence-corrected chi connectivity index (χ0v) is 20.4. The first-order valence-corrected chi connectivity index (χ1v) is 11.7. The Labute approximate surface area is 208 Å². The average molecular weight is 488 g/mol. The van der Waals surface area contributed by atoms with Crippen molar-refractivity contribution in [2.45, 2.75) is 19.4 Å². The summed E-state index contributed by atoms with van der Waals surface area (Å²) in [6.45, 7) is 1.41. The number of rotatable bonds is 10. The molecule has 1 aromatic heterocycles. The first-order valence-electron chi connectivity index (χ1n) is 11.7. The number of hydrogen-bond donors (Lipinski definition) is 1. The molecular formula is C28H29N3O5. The number of para-hydroxylation sites is 1. The van der Waals surface area contributed by atoms with E-state index in [1.165, 1.54) is 4.57 Å². The molecule has 3 aromatic carbocycles. The van der Waals surface area contributed by atoms with Gasteiger partial charge in [-0.15, -0.1) is 0 Å². The Hall–Kier alpha value is -4.17. The molecule has 8 heteroatoms. The van der Waals surface area contributed by atoms with Gasteiger partial charge in [0.15, 0.2) is 0 Å². The Morgan fingerprint density at radius 1 is 0.917 bits per heavy atom. The smallest absolute Gasteiger partial charge is 0.336 e. The number of fused-ring (bicyclic) bond motifs is 1. The van der Waals surface area contributed by atoms with Crippen LogP contribution in [0.15, 0.2) is 82.4 Å². The van der Waals surface area contributed by atoms with E-state index in [9.17, 15) is 14.4 Å². The highest BCUT2D eigenvalue weighted by Gasteiger charge is 2.15. The van der Waals surface area contributed by atoms with Gasteiger partial charge in [0.1, 0.15) is 5.75 Å². The largest absolute Gasteiger partial charge is 0.497 e. The predicted molar refractivity (Wildman–Crippen MR) is 139 cm³/mol.